The first kappa shape index (κ1) is 23.5. The van der Waals surface area contributed by atoms with Crippen LogP contribution in [-0.4, -0.2) is 16.7 Å². The lowest BCUT2D eigenvalue weighted by Gasteiger charge is -2.35. The molecule has 1 aliphatic rings. The molecule has 168 valence electrons. The Morgan fingerprint density at radius 1 is 0.871 bits per heavy atom. The van der Waals surface area contributed by atoms with Crippen LogP contribution in [0.15, 0.2) is 60.7 Å². The van der Waals surface area contributed by atoms with Crippen LogP contribution in [0.2, 0.25) is 0 Å². The van der Waals surface area contributed by atoms with Gasteiger partial charge in [-0.15, -0.1) is 0 Å². The van der Waals surface area contributed by atoms with E-state index in [9.17, 15) is 9.90 Å². The lowest BCUT2D eigenvalue weighted by atomic mass is 9.76. The zero-order valence-corrected chi connectivity index (χ0v) is 18.8. The fourth-order valence-corrected chi connectivity index (χ4v) is 4.86. The maximum atomic E-state index is 12.0. The van der Waals surface area contributed by atoms with Gasteiger partial charge in [-0.3, -0.25) is 4.79 Å². The smallest absolute Gasteiger partial charge is 0.306 e. The average molecular weight is 423 g/mol. The first-order valence-electron chi connectivity index (χ1n) is 12.1. The number of hydrogen-bond acceptors (Lipinski definition) is 3. The summed E-state index contributed by atoms with van der Waals surface area (Å²) in [4.78, 5) is 12.0. The number of aliphatic hydroxyl groups is 1. The Morgan fingerprint density at radius 3 is 2.19 bits per heavy atom. The molecule has 1 saturated carbocycles. The van der Waals surface area contributed by atoms with Crippen LogP contribution in [0.5, 0.6) is 0 Å². The quantitative estimate of drug-likeness (QED) is 0.309. The molecule has 1 fully saturated rings. The molecule has 0 amide bonds. The third-order valence-corrected chi connectivity index (χ3v) is 6.56. The second kappa shape index (κ2) is 12.7. The third-order valence-electron chi connectivity index (χ3n) is 6.56. The molecule has 0 saturated heterocycles. The molecule has 3 nitrogen and oxygen atoms in total. The standard InChI is InChI=1S/C28H38O3/c29-27(31-23-25-15-7-2-8-16-25)18-10-3-9-17-26(21-24-13-5-1-6-14-24)22-28(30)19-11-4-12-20-28/h1-2,5-8,13-16,26,30H,3-4,9-12,17-23H2. The summed E-state index contributed by atoms with van der Waals surface area (Å²) in [7, 11) is 0. The van der Waals surface area contributed by atoms with Gasteiger partial charge in [0.1, 0.15) is 6.61 Å². The Kier molecular flexibility index (Phi) is 9.61. The van der Waals surface area contributed by atoms with Crippen molar-refractivity contribution < 1.29 is 14.6 Å². The number of unbranched alkanes of at least 4 members (excludes halogenated alkanes) is 2. The van der Waals surface area contributed by atoms with Crippen LogP contribution < -0.4 is 0 Å². The van der Waals surface area contributed by atoms with Crippen LogP contribution in [0.25, 0.3) is 0 Å². The van der Waals surface area contributed by atoms with Crippen molar-refractivity contribution in [3.63, 3.8) is 0 Å². The van der Waals surface area contributed by atoms with Crippen LogP contribution in [0, 0.1) is 5.92 Å². The van der Waals surface area contributed by atoms with E-state index in [-0.39, 0.29) is 5.97 Å². The van der Waals surface area contributed by atoms with Gasteiger partial charge in [-0.2, -0.15) is 0 Å². The molecule has 2 aromatic carbocycles. The van der Waals surface area contributed by atoms with Crippen molar-refractivity contribution in [2.24, 2.45) is 5.92 Å². The summed E-state index contributed by atoms with van der Waals surface area (Å²) < 4.78 is 5.38. The van der Waals surface area contributed by atoms with Gasteiger partial charge in [-0.25, -0.2) is 0 Å². The van der Waals surface area contributed by atoms with Gasteiger partial charge in [0.25, 0.3) is 0 Å². The maximum absolute atomic E-state index is 12.0. The van der Waals surface area contributed by atoms with Crippen molar-refractivity contribution in [2.75, 3.05) is 0 Å². The molecule has 3 rings (SSSR count). The molecule has 1 aliphatic carbocycles. The predicted molar refractivity (Wildman–Crippen MR) is 126 cm³/mol. The number of esters is 1. The van der Waals surface area contributed by atoms with Crippen molar-refractivity contribution in [1.29, 1.82) is 0 Å². The minimum absolute atomic E-state index is 0.110. The van der Waals surface area contributed by atoms with E-state index >= 15 is 0 Å². The molecular formula is C28H38O3. The molecule has 0 aliphatic heterocycles. The fourth-order valence-electron chi connectivity index (χ4n) is 4.86. The zero-order chi connectivity index (χ0) is 21.8. The van der Waals surface area contributed by atoms with Gasteiger partial charge in [0.15, 0.2) is 0 Å². The molecule has 0 bridgehead atoms. The average Bonchev–Trinajstić information content (AvgIpc) is 2.79. The Morgan fingerprint density at radius 2 is 1.52 bits per heavy atom. The number of ether oxygens (including phenoxy) is 1. The largest absolute Gasteiger partial charge is 0.461 e. The summed E-state index contributed by atoms with van der Waals surface area (Å²) in [5.41, 5.74) is 1.91. The third kappa shape index (κ3) is 8.86. The number of carbonyl (C=O) groups is 1. The topological polar surface area (TPSA) is 46.5 Å². The SMILES string of the molecule is O=C(CCCCCC(Cc1ccccc1)CC1(O)CCCCC1)OCc1ccccc1. The highest BCUT2D eigenvalue weighted by Gasteiger charge is 2.31. The van der Waals surface area contributed by atoms with Crippen LogP contribution in [0.4, 0.5) is 0 Å². The summed E-state index contributed by atoms with van der Waals surface area (Å²) in [5, 5.41) is 11.1. The van der Waals surface area contributed by atoms with Crippen molar-refractivity contribution in [3.8, 4) is 0 Å². The second-order valence-corrected chi connectivity index (χ2v) is 9.29. The Balaban J connectivity index is 1.39. The summed E-state index contributed by atoms with van der Waals surface area (Å²) in [5.74, 6) is 0.386. The Bertz CT molecular complexity index is 750. The van der Waals surface area contributed by atoms with Crippen molar-refractivity contribution >= 4 is 5.97 Å². The van der Waals surface area contributed by atoms with E-state index < -0.39 is 5.60 Å². The number of hydrogen-bond donors (Lipinski definition) is 1. The van der Waals surface area contributed by atoms with Crippen molar-refractivity contribution in [1.82, 2.24) is 0 Å². The monoisotopic (exact) mass is 422 g/mol. The Hall–Kier alpha value is -2.13. The minimum atomic E-state index is -0.473. The van der Waals surface area contributed by atoms with E-state index in [0.717, 1.165) is 69.8 Å². The molecule has 1 unspecified atom stereocenters. The Labute approximate surface area is 187 Å². The van der Waals surface area contributed by atoms with Gasteiger partial charge in [0.2, 0.25) is 0 Å². The van der Waals surface area contributed by atoms with Gasteiger partial charge in [-0.1, -0.05) is 99.2 Å². The van der Waals surface area contributed by atoms with Gasteiger partial charge < -0.3 is 9.84 Å². The minimum Gasteiger partial charge on any atom is -0.461 e. The number of rotatable bonds is 12. The number of carbonyl (C=O) groups excluding carboxylic acids is 1. The van der Waals surface area contributed by atoms with E-state index in [4.69, 9.17) is 4.74 Å². The van der Waals surface area contributed by atoms with Gasteiger partial charge in [0, 0.05) is 6.42 Å². The van der Waals surface area contributed by atoms with E-state index in [1.54, 1.807) is 0 Å². The van der Waals surface area contributed by atoms with E-state index in [0.29, 0.717) is 18.9 Å². The lowest BCUT2D eigenvalue weighted by molar-refractivity contribution is -0.145. The summed E-state index contributed by atoms with van der Waals surface area (Å²) in [6.07, 6.45) is 12.0. The molecular weight excluding hydrogens is 384 g/mol. The molecule has 0 heterocycles. The van der Waals surface area contributed by atoms with Gasteiger partial charge >= 0.3 is 5.97 Å². The van der Waals surface area contributed by atoms with Crippen molar-refractivity contribution in [3.05, 3.63) is 71.8 Å². The second-order valence-electron chi connectivity index (χ2n) is 9.29. The van der Waals surface area contributed by atoms with Gasteiger partial charge in [-0.05, 0) is 49.1 Å². The predicted octanol–water partition coefficient (Wildman–Crippen LogP) is 6.62. The summed E-state index contributed by atoms with van der Waals surface area (Å²) in [6.45, 7) is 0.359. The maximum Gasteiger partial charge on any atom is 0.306 e. The van der Waals surface area contributed by atoms with Crippen LogP contribution in [-0.2, 0) is 22.6 Å². The zero-order valence-electron chi connectivity index (χ0n) is 18.8. The normalized spacial score (nSPS) is 16.5. The fraction of sp³-hybridized carbons (Fsp3) is 0.536. The molecule has 1 N–H and O–H groups in total. The molecule has 2 aromatic rings. The highest BCUT2D eigenvalue weighted by Crippen LogP contribution is 2.36. The molecule has 31 heavy (non-hydrogen) atoms. The highest BCUT2D eigenvalue weighted by molar-refractivity contribution is 5.69. The van der Waals surface area contributed by atoms with E-state index in [1.165, 1.54) is 12.0 Å². The highest BCUT2D eigenvalue weighted by atomic mass is 16.5. The number of benzene rings is 2. The molecule has 0 aromatic heterocycles. The van der Waals surface area contributed by atoms with E-state index in [1.807, 2.05) is 30.3 Å². The molecule has 0 radical (unpaired) electrons. The first-order chi connectivity index (χ1) is 15.1. The summed E-state index contributed by atoms with van der Waals surface area (Å²) in [6, 6.07) is 20.5. The van der Waals surface area contributed by atoms with Gasteiger partial charge in [0.05, 0.1) is 5.60 Å². The van der Waals surface area contributed by atoms with Crippen LogP contribution in [0.3, 0.4) is 0 Å². The molecule has 0 spiro atoms. The van der Waals surface area contributed by atoms with Crippen molar-refractivity contribution in [2.45, 2.75) is 89.3 Å². The van der Waals surface area contributed by atoms with Crippen LogP contribution in [0.1, 0.15) is 81.8 Å². The van der Waals surface area contributed by atoms with Crippen LogP contribution >= 0.6 is 0 Å². The summed E-state index contributed by atoms with van der Waals surface area (Å²) >= 11 is 0. The molecule has 3 heteroatoms. The first-order valence-corrected chi connectivity index (χ1v) is 12.1. The van der Waals surface area contributed by atoms with E-state index in [2.05, 4.69) is 30.3 Å². The molecule has 1 atom stereocenters. The lowest BCUT2D eigenvalue weighted by Crippen LogP contribution is -2.34.